The molecule has 0 unspecified atom stereocenters. The zero-order valence-corrected chi connectivity index (χ0v) is 11.5. The Morgan fingerprint density at radius 1 is 1.42 bits per heavy atom. The molecule has 4 nitrogen and oxygen atoms in total. The molecule has 4 heteroatoms. The van der Waals surface area contributed by atoms with Crippen LogP contribution in [0.25, 0.3) is 0 Å². The van der Waals surface area contributed by atoms with Crippen LogP contribution in [0.5, 0.6) is 5.75 Å². The number of benzene rings is 1. The topological polar surface area (TPSA) is 41.6 Å². The van der Waals surface area contributed by atoms with E-state index in [1.807, 2.05) is 12.1 Å². The third kappa shape index (κ3) is 2.21. The van der Waals surface area contributed by atoms with Crippen molar-refractivity contribution in [1.29, 1.82) is 0 Å². The molecule has 0 radical (unpaired) electrons. The Morgan fingerprint density at radius 2 is 2.26 bits per heavy atom. The van der Waals surface area contributed by atoms with Crippen molar-refractivity contribution in [3.63, 3.8) is 0 Å². The molecule has 2 aliphatic rings. The highest BCUT2D eigenvalue weighted by atomic mass is 16.5. The molecule has 19 heavy (non-hydrogen) atoms. The number of ether oxygens (including phenoxy) is 1. The maximum absolute atomic E-state index is 11.2. The van der Waals surface area contributed by atoms with Crippen LogP contribution in [0.3, 0.4) is 0 Å². The van der Waals surface area contributed by atoms with E-state index in [2.05, 4.69) is 23.3 Å². The molecule has 102 valence electrons. The summed E-state index contributed by atoms with van der Waals surface area (Å²) in [5.41, 5.74) is 2.75. The van der Waals surface area contributed by atoms with Gasteiger partial charge in [-0.25, -0.2) is 4.79 Å². The Hall–Kier alpha value is -1.55. The molecule has 1 fully saturated rings. The molecule has 0 aromatic heterocycles. The van der Waals surface area contributed by atoms with Crippen molar-refractivity contribution in [2.24, 2.45) is 5.92 Å². The Labute approximate surface area is 113 Å². The van der Waals surface area contributed by atoms with Crippen LogP contribution < -0.4 is 10.1 Å². The van der Waals surface area contributed by atoms with E-state index in [4.69, 9.17) is 4.74 Å². The normalized spacial score (nSPS) is 25.6. The molecule has 3 rings (SSSR count). The number of hydrogen-bond donors (Lipinski definition) is 1. The van der Waals surface area contributed by atoms with Crippen molar-refractivity contribution >= 4 is 6.09 Å². The summed E-state index contributed by atoms with van der Waals surface area (Å²) in [6, 6.07) is 6.61. The molecule has 1 saturated heterocycles. The van der Waals surface area contributed by atoms with Crippen molar-refractivity contribution in [2.45, 2.75) is 25.3 Å². The van der Waals surface area contributed by atoms with Crippen LogP contribution in [0.15, 0.2) is 18.2 Å². The Morgan fingerprint density at radius 3 is 3.05 bits per heavy atom. The van der Waals surface area contributed by atoms with Crippen molar-refractivity contribution < 1.29 is 9.53 Å². The zero-order valence-electron chi connectivity index (χ0n) is 11.5. The SMILES string of the molecule is CNC(=O)Oc1ccc2c(c1)CC[C@@H]1CCN(C)[C@H]21. The second-order valence-electron chi connectivity index (χ2n) is 5.51. The van der Waals surface area contributed by atoms with Gasteiger partial charge in [0.2, 0.25) is 0 Å². The molecule has 1 N–H and O–H groups in total. The zero-order chi connectivity index (χ0) is 13.4. The number of likely N-dealkylation sites (tertiary alicyclic amines) is 1. The minimum atomic E-state index is -0.411. The molecule has 2 atom stereocenters. The van der Waals surface area contributed by atoms with Gasteiger partial charge in [-0.3, -0.25) is 4.90 Å². The van der Waals surface area contributed by atoms with E-state index in [9.17, 15) is 4.79 Å². The molecular formula is C15H20N2O2. The highest BCUT2D eigenvalue weighted by Gasteiger charge is 2.36. The van der Waals surface area contributed by atoms with Crippen LogP contribution in [0, 0.1) is 5.92 Å². The largest absolute Gasteiger partial charge is 0.412 e. The first-order valence-electron chi connectivity index (χ1n) is 6.91. The molecule has 0 bridgehead atoms. The smallest absolute Gasteiger partial charge is 0.410 e. The van der Waals surface area contributed by atoms with Gasteiger partial charge in [0.15, 0.2) is 0 Å². The number of amides is 1. The van der Waals surface area contributed by atoms with Gasteiger partial charge in [0.05, 0.1) is 0 Å². The summed E-state index contributed by atoms with van der Waals surface area (Å²) in [5.74, 6) is 1.43. The Bertz CT molecular complexity index is 501. The standard InChI is InChI=1S/C15H20N2O2/c1-16-15(18)19-12-5-6-13-11(9-12)4-3-10-7-8-17(2)14(10)13/h5-6,9-10,14H,3-4,7-8H2,1-2H3,(H,16,18)/t10-,14+/m1/s1. The van der Waals surface area contributed by atoms with Gasteiger partial charge in [-0.2, -0.15) is 0 Å². The highest BCUT2D eigenvalue weighted by Crippen LogP contribution is 2.44. The fourth-order valence-corrected chi connectivity index (χ4v) is 3.47. The van der Waals surface area contributed by atoms with Crippen LogP contribution in [-0.4, -0.2) is 31.6 Å². The second kappa shape index (κ2) is 4.85. The van der Waals surface area contributed by atoms with Gasteiger partial charge < -0.3 is 10.1 Å². The van der Waals surface area contributed by atoms with Crippen LogP contribution in [-0.2, 0) is 6.42 Å². The monoisotopic (exact) mass is 260 g/mol. The number of nitrogens with zero attached hydrogens (tertiary/aromatic N) is 1. The van der Waals surface area contributed by atoms with Crippen LogP contribution in [0.4, 0.5) is 4.79 Å². The number of hydrogen-bond acceptors (Lipinski definition) is 3. The lowest BCUT2D eigenvalue weighted by atomic mass is 9.80. The summed E-state index contributed by atoms with van der Waals surface area (Å²) in [7, 11) is 3.77. The molecule has 1 heterocycles. The van der Waals surface area contributed by atoms with Gasteiger partial charge in [0.1, 0.15) is 5.75 Å². The first kappa shape index (κ1) is 12.5. The minimum absolute atomic E-state index is 0.411. The molecule has 1 aliphatic carbocycles. The summed E-state index contributed by atoms with van der Waals surface area (Å²) >= 11 is 0. The third-order valence-corrected chi connectivity index (χ3v) is 4.41. The molecule has 0 saturated carbocycles. The average Bonchev–Trinajstić information content (AvgIpc) is 2.80. The second-order valence-corrected chi connectivity index (χ2v) is 5.51. The summed E-state index contributed by atoms with van der Waals surface area (Å²) < 4.78 is 5.20. The summed E-state index contributed by atoms with van der Waals surface area (Å²) in [5, 5.41) is 2.47. The van der Waals surface area contributed by atoms with E-state index in [0.29, 0.717) is 11.8 Å². The molecule has 0 spiro atoms. The first-order valence-corrected chi connectivity index (χ1v) is 6.91. The van der Waals surface area contributed by atoms with E-state index in [-0.39, 0.29) is 0 Å². The Kier molecular flexibility index (Phi) is 3.19. The minimum Gasteiger partial charge on any atom is -0.410 e. The quantitative estimate of drug-likeness (QED) is 0.842. The van der Waals surface area contributed by atoms with Crippen molar-refractivity contribution in [1.82, 2.24) is 10.2 Å². The van der Waals surface area contributed by atoms with Gasteiger partial charge >= 0.3 is 6.09 Å². The summed E-state index contributed by atoms with van der Waals surface area (Å²) in [6.45, 7) is 1.19. The Balaban J connectivity index is 1.88. The van der Waals surface area contributed by atoms with Gasteiger partial charge in [-0.15, -0.1) is 0 Å². The average molecular weight is 260 g/mol. The van der Waals surface area contributed by atoms with Crippen molar-refractivity contribution in [3.05, 3.63) is 29.3 Å². The van der Waals surface area contributed by atoms with Gasteiger partial charge in [0, 0.05) is 13.1 Å². The molecule has 1 aliphatic heterocycles. The van der Waals surface area contributed by atoms with Crippen molar-refractivity contribution in [3.8, 4) is 5.75 Å². The third-order valence-electron chi connectivity index (χ3n) is 4.41. The van der Waals surface area contributed by atoms with Gasteiger partial charge in [-0.05, 0) is 62.0 Å². The summed E-state index contributed by atoms with van der Waals surface area (Å²) in [4.78, 5) is 13.7. The molecule has 1 aromatic rings. The van der Waals surface area contributed by atoms with E-state index < -0.39 is 6.09 Å². The van der Waals surface area contributed by atoms with Crippen LogP contribution in [0.1, 0.15) is 30.0 Å². The maximum Gasteiger partial charge on any atom is 0.412 e. The number of aryl methyl sites for hydroxylation is 1. The lowest BCUT2D eigenvalue weighted by Crippen LogP contribution is -2.26. The number of rotatable bonds is 1. The van der Waals surface area contributed by atoms with E-state index in [1.54, 1.807) is 7.05 Å². The first-order chi connectivity index (χ1) is 9.19. The fourth-order valence-electron chi connectivity index (χ4n) is 3.47. The van der Waals surface area contributed by atoms with E-state index in [1.165, 1.54) is 30.5 Å². The lowest BCUT2D eigenvalue weighted by molar-refractivity contribution is 0.202. The number of carbonyl (C=O) groups excluding carboxylic acids is 1. The number of carbonyl (C=O) groups is 1. The molecular weight excluding hydrogens is 240 g/mol. The van der Waals surface area contributed by atoms with Gasteiger partial charge in [-0.1, -0.05) is 6.07 Å². The predicted octanol–water partition coefficient (Wildman–Crippen LogP) is 2.34. The highest BCUT2D eigenvalue weighted by molar-refractivity contribution is 5.70. The number of nitrogens with one attached hydrogen (secondary N) is 1. The van der Waals surface area contributed by atoms with E-state index >= 15 is 0 Å². The van der Waals surface area contributed by atoms with Crippen LogP contribution >= 0.6 is 0 Å². The predicted molar refractivity (Wildman–Crippen MR) is 73.3 cm³/mol. The van der Waals surface area contributed by atoms with E-state index in [0.717, 1.165) is 12.3 Å². The molecule has 1 amide bonds. The summed E-state index contributed by atoms with van der Waals surface area (Å²) in [6.07, 6.45) is 3.23. The fraction of sp³-hybridized carbons (Fsp3) is 0.533. The number of fused-ring (bicyclic) bond motifs is 3. The van der Waals surface area contributed by atoms with Gasteiger partial charge in [0.25, 0.3) is 0 Å². The van der Waals surface area contributed by atoms with Crippen molar-refractivity contribution in [2.75, 3.05) is 20.6 Å². The van der Waals surface area contributed by atoms with Crippen LogP contribution in [0.2, 0.25) is 0 Å². The maximum atomic E-state index is 11.2. The lowest BCUT2D eigenvalue weighted by Gasteiger charge is -2.32. The molecule has 1 aromatic carbocycles.